The number of piperidine rings is 1. The Bertz CT molecular complexity index is 213. The molecule has 0 bridgehead atoms. The minimum atomic E-state index is 0.745. The van der Waals surface area contributed by atoms with Crippen molar-refractivity contribution in [2.24, 2.45) is 11.8 Å². The summed E-state index contributed by atoms with van der Waals surface area (Å²) in [5, 5.41) is 3.46. The second-order valence-corrected chi connectivity index (χ2v) is 5.90. The standard InChI is InChI=1S/C14H28N2/c1-4-13(9-12-5-6-12)16-8-7-14(15-3)11(2)10-16/h11-15H,4-10H2,1-3H3. The van der Waals surface area contributed by atoms with E-state index in [0.717, 1.165) is 23.9 Å². The molecule has 2 rings (SSSR count). The van der Waals surface area contributed by atoms with Gasteiger partial charge in [-0.15, -0.1) is 0 Å². The van der Waals surface area contributed by atoms with E-state index in [0.29, 0.717) is 0 Å². The fraction of sp³-hybridized carbons (Fsp3) is 1.00. The molecule has 16 heavy (non-hydrogen) atoms. The lowest BCUT2D eigenvalue weighted by Gasteiger charge is -2.41. The zero-order chi connectivity index (χ0) is 11.5. The zero-order valence-corrected chi connectivity index (χ0v) is 11.2. The first-order valence-electron chi connectivity index (χ1n) is 7.15. The van der Waals surface area contributed by atoms with Crippen molar-refractivity contribution in [2.45, 2.75) is 58.0 Å². The van der Waals surface area contributed by atoms with Gasteiger partial charge in [0.15, 0.2) is 0 Å². The Kier molecular flexibility index (Phi) is 4.26. The number of rotatable bonds is 5. The van der Waals surface area contributed by atoms with Crippen molar-refractivity contribution >= 4 is 0 Å². The van der Waals surface area contributed by atoms with Gasteiger partial charge in [-0.05, 0) is 44.7 Å². The van der Waals surface area contributed by atoms with Gasteiger partial charge in [0.05, 0.1) is 0 Å². The van der Waals surface area contributed by atoms with Gasteiger partial charge >= 0.3 is 0 Å². The van der Waals surface area contributed by atoms with Crippen LogP contribution in [0.3, 0.4) is 0 Å². The lowest BCUT2D eigenvalue weighted by molar-refractivity contribution is 0.0961. The molecule has 1 heterocycles. The third-order valence-corrected chi connectivity index (χ3v) is 4.60. The minimum Gasteiger partial charge on any atom is -0.317 e. The first-order valence-corrected chi connectivity index (χ1v) is 7.15. The summed E-state index contributed by atoms with van der Waals surface area (Å²) in [4.78, 5) is 2.76. The Morgan fingerprint density at radius 1 is 1.31 bits per heavy atom. The van der Waals surface area contributed by atoms with Crippen LogP contribution in [-0.4, -0.2) is 37.1 Å². The van der Waals surface area contributed by atoms with Gasteiger partial charge in [0.1, 0.15) is 0 Å². The van der Waals surface area contributed by atoms with Crippen LogP contribution in [0.4, 0.5) is 0 Å². The van der Waals surface area contributed by atoms with Crippen molar-refractivity contribution in [1.82, 2.24) is 10.2 Å². The maximum absolute atomic E-state index is 3.46. The highest BCUT2D eigenvalue weighted by Gasteiger charge is 2.32. The molecule has 1 aliphatic carbocycles. The van der Waals surface area contributed by atoms with Gasteiger partial charge in [-0.3, -0.25) is 0 Å². The largest absolute Gasteiger partial charge is 0.317 e. The molecule has 1 N–H and O–H groups in total. The smallest absolute Gasteiger partial charge is 0.0114 e. The lowest BCUT2D eigenvalue weighted by atomic mass is 9.91. The molecule has 0 aromatic rings. The number of likely N-dealkylation sites (tertiary alicyclic amines) is 1. The average molecular weight is 224 g/mol. The molecule has 0 aromatic heterocycles. The van der Waals surface area contributed by atoms with Crippen LogP contribution in [0.2, 0.25) is 0 Å². The van der Waals surface area contributed by atoms with E-state index in [2.05, 4.69) is 31.1 Å². The fourth-order valence-electron chi connectivity index (χ4n) is 3.25. The Balaban J connectivity index is 1.83. The molecule has 1 saturated heterocycles. The van der Waals surface area contributed by atoms with Crippen LogP contribution in [0.1, 0.15) is 46.0 Å². The Morgan fingerprint density at radius 2 is 2.06 bits per heavy atom. The highest BCUT2D eigenvalue weighted by Crippen LogP contribution is 2.36. The summed E-state index contributed by atoms with van der Waals surface area (Å²) in [6, 6.07) is 1.61. The highest BCUT2D eigenvalue weighted by atomic mass is 15.2. The molecular formula is C14H28N2. The maximum atomic E-state index is 3.46. The topological polar surface area (TPSA) is 15.3 Å². The first-order chi connectivity index (χ1) is 7.74. The lowest BCUT2D eigenvalue weighted by Crippen LogP contribution is -2.50. The Hall–Kier alpha value is -0.0800. The molecular weight excluding hydrogens is 196 g/mol. The predicted molar refractivity (Wildman–Crippen MR) is 69.6 cm³/mol. The summed E-state index contributed by atoms with van der Waals surface area (Å²) in [5.74, 6) is 1.88. The van der Waals surface area contributed by atoms with E-state index in [1.165, 1.54) is 45.2 Å². The molecule has 3 atom stereocenters. The van der Waals surface area contributed by atoms with Crippen LogP contribution >= 0.6 is 0 Å². The van der Waals surface area contributed by atoms with Crippen molar-refractivity contribution in [2.75, 3.05) is 20.1 Å². The Morgan fingerprint density at radius 3 is 2.56 bits per heavy atom. The molecule has 3 unspecified atom stereocenters. The molecule has 2 aliphatic rings. The Labute approximate surface area is 101 Å². The predicted octanol–water partition coefficient (Wildman–Crippen LogP) is 2.49. The second kappa shape index (κ2) is 5.50. The average Bonchev–Trinajstić information content (AvgIpc) is 3.09. The number of hydrogen-bond acceptors (Lipinski definition) is 2. The summed E-state index contributed by atoms with van der Waals surface area (Å²) in [5.41, 5.74) is 0. The molecule has 1 aliphatic heterocycles. The van der Waals surface area contributed by atoms with Gasteiger partial charge in [0.2, 0.25) is 0 Å². The summed E-state index contributed by atoms with van der Waals surface area (Å²) in [6.45, 7) is 7.37. The monoisotopic (exact) mass is 224 g/mol. The highest BCUT2D eigenvalue weighted by molar-refractivity contribution is 4.87. The third-order valence-electron chi connectivity index (χ3n) is 4.60. The molecule has 0 aromatic carbocycles. The summed E-state index contributed by atoms with van der Waals surface area (Å²) in [6.07, 6.45) is 7.14. The van der Waals surface area contributed by atoms with Crippen LogP contribution < -0.4 is 5.32 Å². The molecule has 1 saturated carbocycles. The quantitative estimate of drug-likeness (QED) is 0.772. The van der Waals surface area contributed by atoms with Crippen LogP contribution in [0.5, 0.6) is 0 Å². The molecule has 0 radical (unpaired) electrons. The van der Waals surface area contributed by atoms with E-state index in [9.17, 15) is 0 Å². The van der Waals surface area contributed by atoms with Crippen molar-refractivity contribution in [1.29, 1.82) is 0 Å². The molecule has 2 nitrogen and oxygen atoms in total. The molecule has 2 heteroatoms. The summed E-state index contributed by atoms with van der Waals surface area (Å²) >= 11 is 0. The van der Waals surface area contributed by atoms with E-state index in [1.807, 2.05) is 0 Å². The third kappa shape index (κ3) is 2.98. The van der Waals surface area contributed by atoms with E-state index in [-0.39, 0.29) is 0 Å². The van der Waals surface area contributed by atoms with Crippen molar-refractivity contribution < 1.29 is 0 Å². The van der Waals surface area contributed by atoms with Crippen LogP contribution in [0.15, 0.2) is 0 Å². The fourth-order valence-corrected chi connectivity index (χ4v) is 3.25. The van der Waals surface area contributed by atoms with Gasteiger partial charge in [-0.25, -0.2) is 0 Å². The van der Waals surface area contributed by atoms with Gasteiger partial charge in [0, 0.05) is 18.6 Å². The minimum absolute atomic E-state index is 0.745. The molecule has 2 fully saturated rings. The zero-order valence-electron chi connectivity index (χ0n) is 11.2. The molecule has 94 valence electrons. The van der Waals surface area contributed by atoms with E-state index >= 15 is 0 Å². The van der Waals surface area contributed by atoms with Gasteiger partial charge in [0.25, 0.3) is 0 Å². The number of nitrogens with one attached hydrogen (secondary N) is 1. The van der Waals surface area contributed by atoms with Crippen molar-refractivity contribution in [3.63, 3.8) is 0 Å². The maximum Gasteiger partial charge on any atom is 0.0114 e. The van der Waals surface area contributed by atoms with Crippen molar-refractivity contribution in [3.05, 3.63) is 0 Å². The van der Waals surface area contributed by atoms with E-state index in [1.54, 1.807) is 0 Å². The molecule has 0 spiro atoms. The van der Waals surface area contributed by atoms with Gasteiger partial charge < -0.3 is 10.2 Å². The second-order valence-electron chi connectivity index (χ2n) is 5.90. The summed E-state index contributed by atoms with van der Waals surface area (Å²) in [7, 11) is 2.11. The van der Waals surface area contributed by atoms with E-state index < -0.39 is 0 Å². The first kappa shape index (κ1) is 12.4. The van der Waals surface area contributed by atoms with Gasteiger partial charge in [-0.2, -0.15) is 0 Å². The van der Waals surface area contributed by atoms with Crippen LogP contribution in [0.25, 0.3) is 0 Å². The number of hydrogen-bond donors (Lipinski definition) is 1. The van der Waals surface area contributed by atoms with Crippen LogP contribution in [0, 0.1) is 11.8 Å². The van der Waals surface area contributed by atoms with Gasteiger partial charge in [-0.1, -0.05) is 26.7 Å². The van der Waals surface area contributed by atoms with Crippen LogP contribution in [-0.2, 0) is 0 Å². The number of nitrogens with zero attached hydrogens (tertiary/aromatic N) is 1. The van der Waals surface area contributed by atoms with E-state index in [4.69, 9.17) is 0 Å². The normalized spacial score (nSPS) is 33.9. The van der Waals surface area contributed by atoms with Crippen molar-refractivity contribution in [3.8, 4) is 0 Å². The SMILES string of the molecule is CCC(CC1CC1)N1CCC(NC)C(C)C1. The summed E-state index contributed by atoms with van der Waals surface area (Å²) < 4.78 is 0. The molecule has 0 amide bonds.